The van der Waals surface area contributed by atoms with Crippen molar-refractivity contribution in [2.45, 2.75) is 321 Å². The fraction of sp³-hybridized carbons (Fsp3) is 0.929. The molecular formula is C56H109NO5. The number of amides is 1. The minimum atomic E-state index is -0.672. The van der Waals surface area contributed by atoms with E-state index in [1.165, 1.54) is 225 Å². The van der Waals surface area contributed by atoms with Crippen LogP contribution in [0.3, 0.4) is 0 Å². The van der Waals surface area contributed by atoms with Crippen LogP contribution in [-0.2, 0) is 14.3 Å². The fourth-order valence-corrected chi connectivity index (χ4v) is 8.75. The van der Waals surface area contributed by atoms with Gasteiger partial charge in [-0.3, -0.25) is 9.59 Å². The molecular weight excluding hydrogens is 767 g/mol. The number of aliphatic hydroxyl groups is 2. The number of carbonyl (C=O) groups excluding carboxylic acids is 2. The zero-order chi connectivity index (χ0) is 45.1. The zero-order valence-electron chi connectivity index (χ0n) is 41.9. The second-order valence-electron chi connectivity index (χ2n) is 19.3. The van der Waals surface area contributed by atoms with E-state index < -0.39 is 12.1 Å². The summed E-state index contributed by atoms with van der Waals surface area (Å²) >= 11 is 0. The molecule has 3 N–H and O–H groups in total. The highest BCUT2D eigenvalue weighted by Gasteiger charge is 2.20. The SMILES string of the molecule is CCCCCCCC/C=C\CCCCCCCC(=O)OCCCCCCCCCCCCCCCC(=O)NC(CO)C(O)CCCCCCCCCCCCCCCCCCC. The number of hydrogen-bond donors (Lipinski definition) is 3. The Hall–Kier alpha value is -1.40. The molecule has 368 valence electrons. The van der Waals surface area contributed by atoms with E-state index in [1.807, 2.05) is 0 Å². The molecule has 0 bridgehead atoms. The van der Waals surface area contributed by atoms with Gasteiger partial charge in [0.1, 0.15) is 0 Å². The maximum Gasteiger partial charge on any atom is 0.305 e. The monoisotopic (exact) mass is 876 g/mol. The van der Waals surface area contributed by atoms with E-state index in [9.17, 15) is 19.8 Å². The summed E-state index contributed by atoms with van der Waals surface area (Å²) in [6.45, 7) is 4.93. The lowest BCUT2D eigenvalue weighted by atomic mass is 10.0. The standard InChI is InChI=1S/C56H109NO5/c1-3-5-7-9-11-13-15-17-19-20-22-24-28-32-36-40-44-48-54(59)53(52-58)57-55(60)49-45-41-37-33-29-25-23-27-31-35-39-43-47-51-62-56(61)50-46-42-38-34-30-26-21-18-16-14-12-10-8-6-4-2/h18,21,53-54,58-59H,3-17,19-20,22-52H2,1-2H3,(H,57,60)/b21-18-. The minimum absolute atomic E-state index is 0.0126. The summed E-state index contributed by atoms with van der Waals surface area (Å²) in [6, 6.07) is -0.551. The summed E-state index contributed by atoms with van der Waals surface area (Å²) < 4.78 is 5.47. The molecule has 2 atom stereocenters. The Balaban J connectivity index is 3.45. The van der Waals surface area contributed by atoms with Gasteiger partial charge in [0, 0.05) is 12.8 Å². The largest absolute Gasteiger partial charge is 0.466 e. The Bertz CT molecular complexity index is 924. The molecule has 2 unspecified atom stereocenters. The minimum Gasteiger partial charge on any atom is -0.466 e. The second kappa shape index (κ2) is 52.2. The van der Waals surface area contributed by atoms with Gasteiger partial charge in [-0.2, -0.15) is 0 Å². The van der Waals surface area contributed by atoms with Crippen molar-refractivity contribution in [3.8, 4) is 0 Å². The molecule has 0 fully saturated rings. The van der Waals surface area contributed by atoms with E-state index >= 15 is 0 Å². The molecule has 0 spiro atoms. The highest BCUT2D eigenvalue weighted by atomic mass is 16.5. The second-order valence-corrected chi connectivity index (χ2v) is 19.3. The van der Waals surface area contributed by atoms with Crippen molar-refractivity contribution in [3.05, 3.63) is 12.2 Å². The lowest BCUT2D eigenvalue weighted by Crippen LogP contribution is -2.45. The number of allylic oxidation sites excluding steroid dienone is 2. The molecule has 0 radical (unpaired) electrons. The normalized spacial score (nSPS) is 12.6. The van der Waals surface area contributed by atoms with Crippen molar-refractivity contribution < 1.29 is 24.5 Å². The van der Waals surface area contributed by atoms with Gasteiger partial charge in [-0.05, 0) is 51.4 Å². The molecule has 6 heteroatoms. The molecule has 62 heavy (non-hydrogen) atoms. The van der Waals surface area contributed by atoms with Crippen molar-refractivity contribution in [3.63, 3.8) is 0 Å². The van der Waals surface area contributed by atoms with Gasteiger partial charge in [0.25, 0.3) is 0 Å². The van der Waals surface area contributed by atoms with Gasteiger partial charge in [-0.1, -0.05) is 257 Å². The van der Waals surface area contributed by atoms with E-state index in [0.717, 1.165) is 51.4 Å². The summed E-state index contributed by atoms with van der Waals surface area (Å²) in [5.41, 5.74) is 0. The maximum atomic E-state index is 12.5. The quantitative estimate of drug-likeness (QED) is 0.0321. The highest BCUT2D eigenvalue weighted by molar-refractivity contribution is 5.76. The topological polar surface area (TPSA) is 95.9 Å². The maximum absolute atomic E-state index is 12.5. The van der Waals surface area contributed by atoms with E-state index in [4.69, 9.17) is 4.74 Å². The van der Waals surface area contributed by atoms with E-state index in [0.29, 0.717) is 25.9 Å². The first-order valence-electron chi connectivity index (χ1n) is 27.9. The molecule has 0 aromatic carbocycles. The molecule has 0 aliphatic rings. The number of ether oxygens (including phenoxy) is 1. The van der Waals surface area contributed by atoms with E-state index in [-0.39, 0.29) is 18.5 Å². The van der Waals surface area contributed by atoms with Crippen LogP contribution in [0, 0.1) is 0 Å². The summed E-state index contributed by atoms with van der Waals surface area (Å²) in [5, 5.41) is 23.3. The first-order chi connectivity index (χ1) is 30.5. The van der Waals surface area contributed by atoms with Crippen LogP contribution in [0.2, 0.25) is 0 Å². The molecule has 0 rings (SSSR count). The molecule has 0 aliphatic carbocycles. The Labute approximate surface area is 387 Å². The summed E-state index contributed by atoms with van der Waals surface area (Å²) in [7, 11) is 0. The number of rotatable bonds is 52. The van der Waals surface area contributed by atoms with Gasteiger partial charge >= 0.3 is 5.97 Å². The Morgan fingerprint density at radius 1 is 0.435 bits per heavy atom. The average molecular weight is 876 g/mol. The van der Waals surface area contributed by atoms with Crippen molar-refractivity contribution in [1.29, 1.82) is 0 Å². The predicted octanol–water partition coefficient (Wildman–Crippen LogP) is 16.9. The molecule has 0 aromatic rings. The molecule has 0 heterocycles. The van der Waals surface area contributed by atoms with Gasteiger partial charge < -0.3 is 20.3 Å². The lowest BCUT2D eigenvalue weighted by molar-refractivity contribution is -0.143. The molecule has 0 saturated heterocycles. The Morgan fingerprint density at radius 2 is 0.758 bits per heavy atom. The summed E-state index contributed by atoms with van der Waals surface area (Å²) in [5.74, 6) is -0.0584. The first-order valence-corrected chi connectivity index (χ1v) is 27.9. The predicted molar refractivity (Wildman–Crippen MR) is 269 cm³/mol. The number of nitrogens with one attached hydrogen (secondary N) is 1. The van der Waals surface area contributed by atoms with Crippen molar-refractivity contribution >= 4 is 11.9 Å². The van der Waals surface area contributed by atoms with Crippen molar-refractivity contribution in [1.82, 2.24) is 5.32 Å². The summed E-state index contributed by atoms with van der Waals surface area (Å²) in [4.78, 5) is 24.5. The van der Waals surface area contributed by atoms with E-state index in [2.05, 4.69) is 31.3 Å². The zero-order valence-corrected chi connectivity index (χ0v) is 41.9. The van der Waals surface area contributed by atoms with Gasteiger partial charge in [0.15, 0.2) is 0 Å². The van der Waals surface area contributed by atoms with Crippen LogP contribution in [0.5, 0.6) is 0 Å². The van der Waals surface area contributed by atoms with Crippen LogP contribution in [0.25, 0.3) is 0 Å². The van der Waals surface area contributed by atoms with Crippen LogP contribution in [0.4, 0.5) is 0 Å². The number of unbranched alkanes of at least 4 members (excludes halogenated alkanes) is 39. The van der Waals surface area contributed by atoms with E-state index in [1.54, 1.807) is 0 Å². The third-order valence-corrected chi connectivity index (χ3v) is 13.1. The third-order valence-electron chi connectivity index (χ3n) is 13.1. The summed E-state index contributed by atoms with van der Waals surface area (Å²) in [6.07, 6.45) is 60.4. The average Bonchev–Trinajstić information content (AvgIpc) is 3.27. The molecule has 0 aliphatic heterocycles. The number of carbonyl (C=O) groups is 2. The Kier molecular flexibility index (Phi) is 51.0. The molecule has 0 aromatic heterocycles. The molecule has 0 saturated carbocycles. The van der Waals surface area contributed by atoms with Crippen LogP contribution in [0.1, 0.15) is 309 Å². The van der Waals surface area contributed by atoms with Gasteiger partial charge in [-0.15, -0.1) is 0 Å². The van der Waals surface area contributed by atoms with Crippen LogP contribution < -0.4 is 5.32 Å². The molecule has 1 amide bonds. The van der Waals surface area contributed by atoms with Crippen LogP contribution in [-0.4, -0.2) is 47.4 Å². The van der Waals surface area contributed by atoms with Crippen LogP contribution in [0.15, 0.2) is 12.2 Å². The lowest BCUT2D eigenvalue weighted by Gasteiger charge is -2.22. The van der Waals surface area contributed by atoms with Crippen molar-refractivity contribution in [2.24, 2.45) is 0 Å². The molecule has 6 nitrogen and oxygen atoms in total. The first kappa shape index (κ1) is 60.6. The smallest absolute Gasteiger partial charge is 0.305 e. The number of aliphatic hydroxyl groups excluding tert-OH is 2. The fourth-order valence-electron chi connectivity index (χ4n) is 8.75. The van der Waals surface area contributed by atoms with Gasteiger partial charge in [0.2, 0.25) is 5.91 Å². The number of esters is 1. The highest BCUT2D eigenvalue weighted by Crippen LogP contribution is 2.17. The van der Waals surface area contributed by atoms with Gasteiger partial charge in [0.05, 0.1) is 25.4 Å². The van der Waals surface area contributed by atoms with Crippen molar-refractivity contribution in [2.75, 3.05) is 13.2 Å². The van der Waals surface area contributed by atoms with Gasteiger partial charge in [-0.25, -0.2) is 0 Å². The van der Waals surface area contributed by atoms with Crippen LogP contribution >= 0.6 is 0 Å². The Morgan fingerprint density at radius 3 is 1.15 bits per heavy atom. The third kappa shape index (κ3) is 48.1. The number of hydrogen-bond acceptors (Lipinski definition) is 5.